The SMILES string of the molecule is CC1(I)CCc2cccnc21. The van der Waals surface area contributed by atoms with Gasteiger partial charge in [-0.2, -0.15) is 0 Å². The lowest BCUT2D eigenvalue weighted by Gasteiger charge is -2.14. The molecule has 1 aromatic rings. The standard InChI is InChI=1S/C9H10IN/c1-9(10)5-4-7-3-2-6-11-8(7)9/h2-3,6H,4-5H2,1H3. The topological polar surface area (TPSA) is 12.9 Å². The summed E-state index contributed by atoms with van der Waals surface area (Å²) < 4.78 is 0.286. The monoisotopic (exact) mass is 259 g/mol. The number of alkyl halides is 1. The smallest absolute Gasteiger partial charge is 0.0620 e. The molecule has 0 bridgehead atoms. The van der Waals surface area contributed by atoms with E-state index in [2.05, 4.69) is 40.6 Å². The predicted molar refractivity (Wildman–Crippen MR) is 53.9 cm³/mol. The highest BCUT2D eigenvalue weighted by Gasteiger charge is 2.32. The van der Waals surface area contributed by atoms with E-state index in [1.54, 1.807) is 0 Å². The molecule has 0 N–H and O–H groups in total. The van der Waals surface area contributed by atoms with Crippen molar-refractivity contribution in [3.63, 3.8) is 0 Å². The van der Waals surface area contributed by atoms with Crippen LogP contribution in [0.25, 0.3) is 0 Å². The maximum atomic E-state index is 4.40. The Morgan fingerprint density at radius 3 is 3.18 bits per heavy atom. The fourth-order valence-electron chi connectivity index (χ4n) is 1.60. The van der Waals surface area contributed by atoms with E-state index < -0.39 is 0 Å². The van der Waals surface area contributed by atoms with Crippen molar-refractivity contribution >= 4 is 22.6 Å². The summed E-state index contributed by atoms with van der Waals surface area (Å²) in [5.74, 6) is 0. The highest BCUT2D eigenvalue weighted by molar-refractivity contribution is 14.1. The van der Waals surface area contributed by atoms with E-state index in [9.17, 15) is 0 Å². The van der Waals surface area contributed by atoms with Crippen LogP contribution in [0, 0.1) is 0 Å². The van der Waals surface area contributed by atoms with Crippen LogP contribution >= 0.6 is 22.6 Å². The summed E-state index contributed by atoms with van der Waals surface area (Å²) in [6.45, 7) is 2.26. The number of nitrogens with zero attached hydrogens (tertiary/aromatic N) is 1. The Morgan fingerprint density at radius 2 is 2.45 bits per heavy atom. The third-order valence-electron chi connectivity index (χ3n) is 2.25. The van der Waals surface area contributed by atoms with Crippen molar-refractivity contribution < 1.29 is 0 Å². The fraction of sp³-hybridized carbons (Fsp3) is 0.444. The molecular formula is C9H10IN. The maximum absolute atomic E-state index is 4.40. The van der Waals surface area contributed by atoms with Gasteiger partial charge in [-0.1, -0.05) is 28.7 Å². The van der Waals surface area contributed by atoms with Gasteiger partial charge in [0.2, 0.25) is 0 Å². The second-order valence-corrected chi connectivity index (χ2v) is 5.59. The minimum atomic E-state index is 0.286. The molecule has 1 atom stereocenters. The Labute approximate surface area is 80.4 Å². The van der Waals surface area contributed by atoms with E-state index >= 15 is 0 Å². The van der Waals surface area contributed by atoms with Gasteiger partial charge in [0, 0.05) is 6.20 Å². The molecule has 1 aliphatic carbocycles. The summed E-state index contributed by atoms with van der Waals surface area (Å²) in [7, 11) is 0. The average Bonchev–Trinajstić information content (AvgIpc) is 2.29. The molecule has 0 spiro atoms. The lowest BCUT2D eigenvalue weighted by Crippen LogP contribution is -2.08. The van der Waals surface area contributed by atoms with E-state index in [-0.39, 0.29) is 3.42 Å². The van der Waals surface area contributed by atoms with E-state index in [1.807, 2.05) is 12.3 Å². The van der Waals surface area contributed by atoms with Crippen LogP contribution in [0.15, 0.2) is 18.3 Å². The molecule has 1 aromatic heterocycles. The molecule has 0 amide bonds. The number of hydrogen-bond acceptors (Lipinski definition) is 1. The van der Waals surface area contributed by atoms with Crippen molar-refractivity contribution in [1.82, 2.24) is 4.98 Å². The van der Waals surface area contributed by atoms with Gasteiger partial charge in [0.1, 0.15) is 0 Å². The van der Waals surface area contributed by atoms with Crippen molar-refractivity contribution in [3.05, 3.63) is 29.6 Å². The molecule has 0 aromatic carbocycles. The predicted octanol–water partition coefficient (Wildman–Crippen LogP) is 2.68. The van der Waals surface area contributed by atoms with Crippen LogP contribution in [0.1, 0.15) is 24.6 Å². The second-order valence-electron chi connectivity index (χ2n) is 3.21. The van der Waals surface area contributed by atoms with Gasteiger partial charge in [0.05, 0.1) is 9.12 Å². The van der Waals surface area contributed by atoms with Crippen molar-refractivity contribution in [2.24, 2.45) is 0 Å². The summed E-state index contributed by atoms with van der Waals surface area (Å²) >= 11 is 2.50. The summed E-state index contributed by atoms with van der Waals surface area (Å²) in [6, 6.07) is 4.21. The molecular weight excluding hydrogens is 249 g/mol. The Balaban J connectivity index is 2.56. The zero-order valence-corrected chi connectivity index (χ0v) is 8.63. The summed E-state index contributed by atoms with van der Waals surface area (Å²) in [6.07, 6.45) is 4.32. The lowest BCUT2D eigenvalue weighted by molar-refractivity contribution is 0.699. The van der Waals surface area contributed by atoms with Crippen LogP contribution in [0.5, 0.6) is 0 Å². The lowest BCUT2D eigenvalue weighted by atomic mass is 10.1. The van der Waals surface area contributed by atoms with Gasteiger partial charge < -0.3 is 0 Å². The first kappa shape index (κ1) is 7.53. The fourth-order valence-corrected chi connectivity index (χ4v) is 2.35. The number of aromatic nitrogens is 1. The van der Waals surface area contributed by atoms with E-state index in [4.69, 9.17) is 0 Å². The van der Waals surface area contributed by atoms with Gasteiger partial charge in [-0.15, -0.1) is 0 Å². The third kappa shape index (κ3) is 1.17. The molecule has 58 valence electrons. The summed E-state index contributed by atoms with van der Waals surface area (Å²) in [5, 5.41) is 0. The molecule has 1 aliphatic rings. The molecule has 0 radical (unpaired) electrons. The Hall–Kier alpha value is -0.120. The number of hydrogen-bond donors (Lipinski definition) is 0. The third-order valence-corrected chi connectivity index (χ3v) is 3.30. The van der Waals surface area contributed by atoms with Crippen LogP contribution in [-0.2, 0) is 9.84 Å². The molecule has 2 heteroatoms. The van der Waals surface area contributed by atoms with E-state index in [0.29, 0.717) is 0 Å². The first-order chi connectivity index (χ1) is 5.20. The highest BCUT2D eigenvalue weighted by atomic mass is 127. The molecule has 1 heterocycles. The van der Waals surface area contributed by atoms with Crippen molar-refractivity contribution in [2.45, 2.75) is 23.2 Å². The van der Waals surface area contributed by atoms with Gasteiger partial charge in [-0.05, 0) is 31.4 Å². The molecule has 0 aliphatic heterocycles. The van der Waals surface area contributed by atoms with Crippen LogP contribution in [0.4, 0.5) is 0 Å². The van der Waals surface area contributed by atoms with Crippen molar-refractivity contribution in [1.29, 1.82) is 0 Å². The molecule has 1 unspecified atom stereocenters. The van der Waals surface area contributed by atoms with Crippen LogP contribution in [0.2, 0.25) is 0 Å². The van der Waals surface area contributed by atoms with Gasteiger partial charge >= 0.3 is 0 Å². The second kappa shape index (κ2) is 2.44. The molecule has 2 rings (SSSR count). The van der Waals surface area contributed by atoms with Gasteiger partial charge in [0.25, 0.3) is 0 Å². The van der Waals surface area contributed by atoms with Crippen LogP contribution < -0.4 is 0 Å². The summed E-state index contributed by atoms with van der Waals surface area (Å²) in [4.78, 5) is 4.40. The Morgan fingerprint density at radius 1 is 1.64 bits per heavy atom. The number of halogens is 1. The zero-order valence-electron chi connectivity index (χ0n) is 6.47. The number of aryl methyl sites for hydroxylation is 1. The first-order valence-corrected chi connectivity index (χ1v) is 4.91. The molecule has 0 saturated carbocycles. The van der Waals surface area contributed by atoms with Gasteiger partial charge in [-0.3, -0.25) is 4.98 Å². The summed E-state index contributed by atoms with van der Waals surface area (Å²) in [5.41, 5.74) is 2.73. The minimum absolute atomic E-state index is 0.286. The molecule has 1 nitrogen and oxygen atoms in total. The highest BCUT2D eigenvalue weighted by Crippen LogP contribution is 2.42. The molecule has 11 heavy (non-hydrogen) atoms. The van der Waals surface area contributed by atoms with Crippen molar-refractivity contribution in [3.8, 4) is 0 Å². The molecule has 0 fully saturated rings. The first-order valence-electron chi connectivity index (χ1n) is 3.83. The van der Waals surface area contributed by atoms with Crippen LogP contribution in [0.3, 0.4) is 0 Å². The number of pyridine rings is 1. The van der Waals surface area contributed by atoms with E-state index in [1.165, 1.54) is 24.1 Å². The quantitative estimate of drug-likeness (QED) is 0.515. The Kier molecular flexibility index (Phi) is 1.67. The molecule has 0 saturated heterocycles. The minimum Gasteiger partial charge on any atom is -0.260 e. The number of rotatable bonds is 0. The normalized spacial score (nSPS) is 28.5. The largest absolute Gasteiger partial charge is 0.260 e. The zero-order chi connectivity index (χ0) is 7.90. The van der Waals surface area contributed by atoms with E-state index in [0.717, 1.165) is 0 Å². The van der Waals surface area contributed by atoms with Gasteiger partial charge in [-0.25, -0.2) is 0 Å². The number of fused-ring (bicyclic) bond motifs is 1. The van der Waals surface area contributed by atoms with Crippen molar-refractivity contribution in [2.75, 3.05) is 0 Å². The van der Waals surface area contributed by atoms with Crippen LogP contribution in [-0.4, -0.2) is 4.98 Å². The maximum Gasteiger partial charge on any atom is 0.0620 e. The Bertz CT molecular complexity index is 281. The average molecular weight is 259 g/mol. The van der Waals surface area contributed by atoms with Gasteiger partial charge in [0.15, 0.2) is 0 Å².